The third-order valence-corrected chi connectivity index (χ3v) is 3.27. The van der Waals surface area contributed by atoms with Gasteiger partial charge in [-0.2, -0.15) is 5.26 Å². The van der Waals surface area contributed by atoms with E-state index < -0.39 is 0 Å². The van der Waals surface area contributed by atoms with Gasteiger partial charge in [0.25, 0.3) is 0 Å². The summed E-state index contributed by atoms with van der Waals surface area (Å²) in [4.78, 5) is 11.5. The number of amides is 1. The molecule has 0 aromatic heterocycles. The molecular weight excluding hydrogens is 320 g/mol. The summed E-state index contributed by atoms with van der Waals surface area (Å²) in [6.07, 6.45) is 0. The lowest BCUT2D eigenvalue weighted by atomic mass is 10.3. The van der Waals surface area contributed by atoms with Crippen LogP contribution in [0.1, 0.15) is 6.92 Å². The molecule has 6 nitrogen and oxygen atoms in total. The fraction of sp³-hybridized carbons (Fsp3) is 0.357. The number of rotatable bonds is 8. The second-order valence-corrected chi connectivity index (χ2v) is 5.46. The Kier molecular flexibility index (Phi) is 8.98. The number of nitriles is 1. The third-order valence-electron chi connectivity index (χ3n) is 2.43. The highest BCUT2D eigenvalue weighted by Crippen LogP contribution is 2.18. The molecule has 8 heteroatoms. The highest BCUT2D eigenvalue weighted by atomic mass is 32.2. The summed E-state index contributed by atoms with van der Waals surface area (Å²) in [6, 6.07) is 7.42. The molecule has 0 spiro atoms. The van der Waals surface area contributed by atoms with Crippen LogP contribution in [0.15, 0.2) is 29.2 Å². The minimum atomic E-state index is -0.0636. The number of benzene rings is 1. The Morgan fingerprint density at radius 1 is 1.27 bits per heavy atom. The van der Waals surface area contributed by atoms with Gasteiger partial charge in [0, 0.05) is 30.6 Å². The summed E-state index contributed by atoms with van der Waals surface area (Å²) in [5.41, 5.74) is 0.853. The van der Waals surface area contributed by atoms with Crippen LogP contribution in [-0.2, 0) is 9.53 Å². The Labute approximate surface area is 139 Å². The number of carbonyl (C=O) groups is 1. The van der Waals surface area contributed by atoms with Gasteiger partial charge in [0.2, 0.25) is 5.91 Å². The Hall–Kier alpha value is -1.82. The minimum absolute atomic E-state index is 0.0636. The molecule has 0 aliphatic heterocycles. The molecule has 0 atom stereocenters. The predicted octanol–water partition coefficient (Wildman–Crippen LogP) is 1.70. The van der Waals surface area contributed by atoms with Crippen LogP contribution in [-0.4, -0.2) is 37.3 Å². The van der Waals surface area contributed by atoms with Crippen LogP contribution in [0.5, 0.6) is 0 Å². The number of hydrogen-bond acceptors (Lipinski definition) is 5. The molecule has 1 aromatic rings. The van der Waals surface area contributed by atoms with Gasteiger partial charge in [0.15, 0.2) is 5.11 Å². The molecule has 3 N–H and O–H groups in total. The van der Waals surface area contributed by atoms with E-state index in [2.05, 4.69) is 16.0 Å². The van der Waals surface area contributed by atoms with Crippen LogP contribution in [0.25, 0.3) is 0 Å². The average molecular weight is 338 g/mol. The number of nitrogens with zero attached hydrogens (tertiary/aromatic N) is 1. The molecule has 0 radical (unpaired) electrons. The summed E-state index contributed by atoms with van der Waals surface area (Å²) in [5, 5.41) is 19.8. The molecule has 1 amide bonds. The van der Waals surface area contributed by atoms with E-state index in [-0.39, 0.29) is 5.91 Å². The van der Waals surface area contributed by atoms with Gasteiger partial charge in [0.1, 0.15) is 5.40 Å². The molecule has 22 heavy (non-hydrogen) atoms. The number of anilines is 1. The van der Waals surface area contributed by atoms with Crippen molar-refractivity contribution >= 4 is 40.7 Å². The molecule has 0 bridgehead atoms. The number of thiocarbonyl (C=S) groups is 1. The number of hydrogen-bond donors (Lipinski definition) is 3. The highest BCUT2D eigenvalue weighted by Gasteiger charge is 1.98. The zero-order valence-electron chi connectivity index (χ0n) is 12.2. The van der Waals surface area contributed by atoms with Crippen LogP contribution in [0.2, 0.25) is 0 Å². The lowest BCUT2D eigenvalue weighted by molar-refractivity contribution is -0.119. The van der Waals surface area contributed by atoms with Crippen molar-refractivity contribution in [1.29, 1.82) is 5.26 Å². The van der Waals surface area contributed by atoms with Gasteiger partial charge in [-0.3, -0.25) is 4.79 Å². The van der Waals surface area contributed by atoms with Gasteiger partial charge in [-0.1, -0.05) is 0 Å². The van der Waals surface area contributed by atoms with E-state index in [1.807, 2.05) is 29.7 Å². The van der Waals surface area contributed by atoms with Gasteiger partial charge in [-0.05, 0) is 48.2 Å². The van der Waals surface area contributed by atoms with E-state index in [0.717, 1.165) is 22.3 Å². The second-order valence-electron chi connectivity index (χ2n) is 4.19. The first-order chi connectivity index (χ1) is 10.6. The van der Waals surface area contributed by atoms with E-state index in [1.165, 1.54) is 6.92 Å². The van der Waals surface area contributed by atoms with Crippen molar-refractivity contribution in [3.63, 3.8) is 0 Å². The van der Waals surface area contributed by atoms with Crippen molar-refractivity contribution in [2.24, 2.45) is 0 Å². The number of nitrogens with one attached hydrogen (secondary N) is 3. The summed E-state index contributed by atoms with van der Waals surface area (Å²) in [6.45, 7) is 3.52. The fourth-order valence-electron chi connectivity index (χ4n) is 1.47. The average Bonchev–Trinajstić information content (AvgIpc) is 2.48. The number of thioether (sulfide) groups is 1. The van der Waals surface area contributed by atoms with Crippen LogP contribution >= 0.6 is 24.0 Å². The van der Waals surface area contributed by atoms with Gasteiger partial charge < -0.3 is 20.7 Å². The highest BCUT2D eigenvalue weighted by molar-refractivity contribution is 8.03. The Balaban J connectivity index is 2.13. The molecule has 0 saturated heterocycles. The van der Waals surface area contributed by atoms with Crippen LogP contribution in [0, 0.1) is 10.7 Å². The van der Waals surface area contributed by atoms with Gasteiger partial charge in [0.05, 0.1) is 13.2 Å². The monoisotopic (exact) mass is 338 g/mol. The Bertz CT molecular complexity index is 529. The van der Waals surface area contributed by atoms with E-state index in [1.54, 1.807) is 0 Å². The number of thiocyanates is 1. The zero-order chi connectivity index (χ0) is 16.2. The molecule has 0 heterocycles. The summed E-state index contributed by atoms with van der Waals surface area (Å²) < 4.78 is 5.33. The molecule has 0 fully saturated rings. The first-order valence-electron chi connectivity index (χ1n) is 6.65. The van der Waals surface area contributed by atoms with Gasteiger partial charge >= 0.3 is 0 Å². The largest absolute Gasteiger partial charge is 0.378 e. The normalized spacial score (nSPS) is 9.64. The predicted molar refractivity (Wildman–Crippen MR) is 91.6 cm³/mol. The van der Waals surface area contributed by atoms with Crippen molar-refractivity contribution in [3.8, 4) is 5.40 Å². The summed E-state index contributed by atoms with van der Waals surface area (Å²) in [5.74, 6) is -0.0636. The van der Waals surface area contributed by atoms with E-state index in [9.17, 15) is 4.79 Å². The quantitative estimate of drug-likeness (QED) is 0.288. The maximum atomic E-state index is 10.6. The molecule has 0 unspecified atom stereocenters. The summed E-state index contributed by atoms with van der Waals surface area (Å²) in [7, 11) is 0. The molecule has 0 aliphatic rings. The van der Waals surface area contributed by atoms with Crippen LogP contribution in [0.4, 0.5) is 5.69 Å². The van der Waals surface area contributed by atoms with E-state index in [4.69, 9.17) is 22.2 Å². The smallest absolute Gasteiger partial charge is 0.216 e. The first kappa shape index (κ1) is 18.2. The number of carbonyl (C=O) groups excluding carboxylic acids is 1. The van der Waals surface area contributed by atoms with Crippen molar-refractivity contribution in [2.75, 3.05) is 31.6 Å². The first-order valence-corrected chi connectivity index (χ1v) is 7.87. The molecule has 0 aliphatic carbocycles. The van der Waals surface area contributed by atoms with Crippen LogP contribution in [0.3, 0.4) is 0 Å². The standard InChI is InChI=1S/C14H18N4O2S2/c1-11(19)16-6-8-20-9-7-17-14(21)18-12-2-4-13(5-3-12)22-10-15/h2-5H,6-9H2,1H3,(H,16,19)(H2,17,18,21). The minimum Gasteiger partial charge on any atom is -0.378 e. The second kappa shape index (κ2) is 10.8. The van der Waals surface area contributed by atoms with Crippen molar-refractivity contribution in [3.05, 3.63) is 24.3 Å². The van der Waals surface area contributed by atoms with Crippen molar-refractivity contribution in [1.82, 2.24) is 10.6 Å². The van der Waals surface area contributed by atoms with Crippen molar-refractivity contribution < 1.29 is 9.53 Å². The zero-order valence-corrected chi connectivity index (χ0v) is 13.9. The Morgan fingerprint density at radius 2 is 1.91 bits per heavy atom. The molecule has 1 aromatic carbocycles. The van der Waals surface area contributed by atoms with Gasteiger partial charge in [-0.25, -0.2) is 0 Å². The van der Waals surface area contributed by atoms with Crippen LogP contribution < -0.4 is 16.0 Å². The van der Waals surface area contributed by atoms with Crippen molar-refractivity contribution in [2.45, 2.75) is 11.8 Å². The third kappa shape index (κ3) is 8.46. The number of ether oxygens (including phenoxy) is 1. The van der Waals surface area contributed by atoms with Gasteiger partial charge in [-0.15, -0.1) is 0 Å². The van der Waals surface area contributed by atoms with E-state index >= 15 is 0 Å². The molecule has 118 valence electrons. The SMILES string of the molecule is CC(=O)NCCOCCNC(=S)Nc1ccc(SC#N)cc1. The molecular formula is C14H18N4O2S2. The lowest BCUT2D eigenvalue weighted by Crippen LogP contribution is -2.32. The fourth-order valence-corrected chi connectivity index (χ4v) is 2.07. The lowest BCUT2D eigenvalue weighted by Gasteiger charge is -2.11. The molecule has 1 rings (SSSR count). The maximum absolute atomic E-state index is 10.6. The Morgan fingerprint density at radius 3 is 2.50 bits per heavy atom. The van der Waals surface area contributed by atoms with E-state index in [0.29, 0.717) is 31.4 Å². The topological polar surface area (TPSA) is 86.2 Å². The summed E-state index contributed by atoms with van der Waals surface area (Å²) >= 11 is 6.28. The maximum Gasteiger partial charge on any atom is 0.216 e. The molecule has 0 saturated carbocycles.